The predicted molar refractivity (Wildman–Crippen MR) is 52.5 cm³/mol. The summed E-state index contributed by atoms with van der Waals surface area (Å²) < 4.78 is 10.4. The summed E-state index contributed by atoms with van der Waals surface area (Å²) in [7, 11) is 0. The quantitative estimate of drug-likeness (QED) is 0.754. The van der Waals surface area contributed by atoms with E-state index in [9.17, 15) is 4.79 Å². The smallest absolute Gasteiger partial charge is 0.339 e. The van der Waals surface area contributed by atoms with Gasteiger partial charge in [-0.05, 0) is 6.07 Å². The van der Waals surface area contributed by atoms with Crippen molar-refractivity contribution in [1.29, 1.82) is 0 Å². The molecule has 6 heteroatoms. The lowest BCUT2D eigenvalue weighted by Gasteiger charge is -2.24. The second kappa shape index (κ2) is 3.60. The summed E-state index contributed by atoms with van der Waals surface area (Å²) >= 11 is 5.73. The van der Waals surface area contributed by atoms with Gasteiger partial charge in [-0.3, -0.25) is 5.73 Å². The van der Waals surface area contributed by atoms with Gasteiger partial charge in [0, 0.05) is 11.1 Å². The van der Waals surface area contributed by atoms with Crippen LogP contribution in [0.4, 0.5) is 0 Å². The van der Waals surface area contributed by atoms with Gasteiger partial charge in [0.2, 0.25) is 0 Å². The van der Waals surface area contributed by atoms with Gasteiger partial charge >= 0.3 is 5.97 Å². The monoisotopic (exact) mass is 229 g/mol. The Kier molecular flexibility index (Phi) is 2.42. The van der Waals surface area contributed by atoms with Gasteiger partial charge in [0.25, 0.3) is 0 Å². The van der Waals surface area contributed by atoms with E-state index < -0.39 is 12.2 Å². The predicted octanol–water partition coefficient (Wildman–Crippen LogP) is 1.09. The van der Waals surface area contributed by atoms with E-state index in [4.69, 9.17) is 31.9 Å². The van der Waals surface area contributed by atoms with E-state index in [1.54, 1.807) is 0 Å². The van der Waals surface area contributed by atoms with E-state index in [-0.39, 0.29) is 28.7 Å². The lowest BCUT2D eigenvalue weighted by atomic mass is 10.1. The molecule has 0 aliphatic carbocycles. The third-order valence-electron chi connectivity index (χ3n) is 1.92. The lowest BCUT2D eigenvalue weighted by molar-refractivity contribution is 0.0664. The fourth-order valence-electron chi connectivity index (χ4n) is 1.33. The highest BCUT2D eigenvalue weighted by Crippen LogP contribution is 2.37. The second-order valence-electron chi connectivity index (χ2n) is 3.05. The van der Waals surface area contributed by atoms with Crippen molar-refractivity contribution in [2.45, 2.75) is 6.23 Å². The molecule has 0 bridgehead atoms. The van der Waals surface area contributed by atoms with Crippen LogP contribution in [0.15, 0.2) is 12.1 Å². The molecule has 0 fully saturated rings. The Hall–Kier alpha value is -1.46. The van der Waals surface area contributed by atoms with Crippen molar-refractivity contribution in [2.75, 3.05) is 6.61 Å². The average molecular weight is 230 g/mol. The summed E-state index contributed by atoms with van der Waals surface area (Å²) in [5.41, 5.74) is 5.46. The molecule has 0 saturated carbocycles. The van der Waals surface area contributed by atoms with E-state index in [0.717, 1.165) is 0 Å². The highest BCUT2D eigenvalue weighted by molar-refractivity contribution is 6.31. The summed E-state index contributed by atoms with van der Waals surface area (Å²) in [6.07, 6.45) is -0.599. The van der Waals surface area contributed by atoms with Gasteiger partial charge in [-0.1, -0.05) is 11.6 Å². The number of fused-ring (bicyclic) bond motifs is 1. The number of hydrogen-bond donors (Lipinski definition) is 2. The molecule has 1 aliphatic rings. The van der Waals surface area contributed by atoms with E-state index >= 15 is 0 Å². The summed E-state index contributed by atoms with van der Waals surface area (Å²) in [4.78, 5) is 10.9. The van der Waals surface area contributed by atoms with Crippen LogP contribution in [0, 0.1) is 0 Å². The van der Waals surface area contributed by atoms with E-state index in [0.29, 0.717) is 0 Å². The molecule has 1 heterocycles. The molecule has 1 atom stereocenters. The van der Waals surface area contributed by atoms with Crippen molar-refractivity contribution in [2.24, 2.45) is 5.73 Å². The van der Waals surface area contributed by atoms with E-state index in [1.165, 1.54) is 12.1 Å². The van der Waals surface area contributed by atoms with E-state index in [2.05, 4.69) is 0 Å². The van der Waals surface area contributed by atoms with Crippen molar-refractivity contribution in [3.8, 4) is 11.5 Å². The molecule has 0 saturated heterocycles. The minimum atomic E-state index is -1.12. The van der Waals surface area contributed by atoms with Gasteiger partial charge in [0.05, 0.1) is 0 Å². The summed E-state index contributed by atoms with van der Waals surface area (Å²) in [5, 5.41) is 9.17. The molecule has 2 rings (SSSR count). The Balaban J connectivity index is 2.54. The number of hydrogen-bond acceptors (Lipinski definition) is 4. The van der Waals surface area contributed by atoms with Crippen molar-refractivity contribution in [3.63, 3.8) is 0 Å². The number of nitrogens with two attached hydrogens (primary N) is 1. The van der Waals surface area contributed by atoms with Gasteiger partial charge in [-0.2, -0.15) is 0 Å². The van der Waals surface area contributed by atoms with Crippen molar-refractivity contribution in [3.05, 3.63) is 22.7 Å². The topological polar surface area (TPSA) is 81.8 Å². The van der Waals surface area contributed by atoms with Crippen LogP contribution >= 0.6 is 11.6 Å². The largest absolute Gasteiger partial charge is 0.483 e. The zero-order valence-corrected chi connectivity index (χ0v) is 8.32. The average Bonchev–Trinajstić information content (AvgIpc) is 2.15. The normalized spacial score (nSPS) is 18.7. The number of carbonyl (C=O) groups is 1. The van der Waals surface area contributed by atoms with E-state index in [1.807, 2.05) is 0 Å². The molecular weight excluding hydrogens is 222 g/mol. The third-order valence-corrected chi connectivity index (χ3v) is 2.14. The first-order valence-corrected chi connectivity index (χ1v) is 4.57. The van der Waals surface area contributed by atoms with Gasteiger partial charge in [-0.25, -0.2) is 4.79 Å². The SMILES string of the molecule is NC1COc2c(cc(Cl)cc2C(=O)O)O1. The van der Waals surface area contributed by atoms with Crippen LogP contribution in [0.2, 0.25) is 5.02 Å². The molecule has 1 aromatic rings. The van der Waals surface area contributed by atoms with Crippen LogP contribution < -0.4 is 15.2 Å². The van der Waals surface area contributed by atoms with Crippen LogP contribution in [0.3, 0.4) is 0 Å². The maximum Gasteiger partial charge on any atom is 0.339 e. The number of ether oxygens (including phenoxy) is 2. The number of halogens is 1. The highest BCUT2D eigenvalue weighted by atomic mass is 35.5. The molecule has 80 valence electrons. The van der Waals surface area contributed by atoms with Gasteiger partial charge < -0.3 is 14.6 Å². The Bertz CT molecular complexity index is 421. The Morgan fingerprint density at radius 2 is 2.33 bits per heavy atom. The molecule has 0 radical (unpaired) electrons. The number of rotatable bonds is 1. The van der Waals surface area contributed by atoms with Crippen molar-refractivity contribution < 1.29 is 19.4 Å². The van der Waals surface area contributed by atoms with Crippen LogP contribution in [0.1, 0.15) is 10.4 Å². The third kappa shape index (κ3) is 1.84. The fraction of sp³-hybridized carbons (Fsp3) is 0.222. The first-order valence-electron chi connectivity index (χ1n) is 4.20. The van der Waals surface area contributed by atoms with Gasteiger partial charge in [0.15, 0.2) is 17.7 Å². The van der Waals surface area contributed by atoms with Crippen LogP contribution in [-0.2, 0) is 0 Å². The van der Waals surface area contributed by atoms with Crippen LogP contribution in [-0.4, -0.2) is 23.9 Å². The minimum Gasteiger partial charge on any atom is -0.483 e. The van der Waals surface area contributed by atoms with Crippen molar-refractivity contribution >= 4 is 17.6 Å². The zero-order valence-electron chi connectivity index (χ0n) is 7.57. The van der Waals surface area contributed by atoms with Crippen LogP contribution in [0.25, 0.3) is 0 Å². The lowest BCUT2D eigenvalue weighted by Crippen LogP contribution is -2.37. The molecule has 5 nitrogen and oxygen atoms in total. The molecule has 3 N–H and O–H groups in total. The Morgan fingerprint density at radius 3 is 3.00 bits per heavy atom. The fourth-order valence-corrected chi connectivity index (χ4v) is 1.53. The Labute approximate surface area is 90.3 Å². The first-order chi connectivity index (χ1) is 7.08. The number of carboxylic acids is 1. The maximum absolute atomic E-state index is 10.9. The molecule has 1 aliphatic heterocycles. The standard InChI is InChI=1S/C9H8ClNO4/c10-4-1-5(9(12)13)8-6(2-4)15-7(11)3-14-8/h1-2,7H,3,11H2,(H,12,13). The summed E-state index contributed by atoms with van der Waals surface area (Å²) in [6.45, 7) is 0.120. The highest BCUT2D eigenvalue weighted by Gasteiger charge is 2.24. The summed E-state index contributed by atoms with van der Waals surface area (Å²) in [6, 6.07) is 2.78. The van der Waals surface area contributed by atoms with Crippen molar-refractivity contribution in [1.82, 2.24) is 0 Å². The van der Waals surface area contributed by atoms with Crippen LogP contribution in [0.5, 0.6) is 11.5 Å². The number of aromatic carboxylic acids is 1. The summed E-state index contributed by atoms with van der Waals surface area (Å²) in [5.74, 6) is -0.680. The number of carboxylic acid groups (broad SMARTS) is 1. The molecule has 0 spiro atoms. The molecular formula is C9H8ClNO4. The maximum atomic E-state index is 10.9. The van der Waals surface area contributed by atoms with Gasteiger partial charge in [0.1, 0.15) is 12.2 Å². The molecule has 15 heavy (non-hydrogen) atoms. The Morgan fingerprint density at radius 1 is 1.60 bits per heavy atom. The first kappa shape index (κ1) is 10.1. The molecule has 1 unspecified atom stereocenters. The molecule has 1 aromatic carbocycles. The zero-order chi connectivity index (χ0) is 11.0. The number of benzene rings is 1. The minimum absolute atomic E-state index is 0.0237. The molecule has 0 aromatic heterocycles. The second-order valence-corrected chi connectivity index (χ2v) is 3.49. The van der Waals surface area contributed by atoms with Gasteiger partial charge in [-0.15, -0.1) is 0 Å². The molecule has 0 amide bonds.